The number of aromatic nitrogens is 5. The molecule has 3 heterocycles. The van der Waals surface area contributed by atoms with Gasteiger partial charge in [0.25, 0.3) is 0 Å². The molecule has 1 N–H and O–H groups in total. The number of pyridine rings is 1. The highest BCUT2D eigenvalue weighted by Gasteiger charge is 2.17. The van der Waals surface area contributed by atoms with Crippen LogP contribution in [0.2, 0.25) is 0 Å². The second-order valence-electron chi connectivity index (χ2n) is 7.36. The number of nitrogens with one attached hydrogen (secondary N) is 1. The first kappa shape index (κ1) is 19.8. The summed E-state index contributed by atoms with van der Waals surface area (Å²) in [6.45, 7) is 1.83. The number of anilines is 2. The maximum Gasteiger partial charge on any atom is 0.158 e. The third kappa shape index (κ3) is 3.37. The number of rotatable bonds is 4. The first-order valence-electron chi connectivity index (χ1n) is 9.75. The van der Waals surface area contributed by atoms with E-state index in [0.717, 1.165) is 11.8 Å². The number of hydrogen-bond acceptors (Lipinski definition) is 4. The molecule has 32 heavy (non-hydrogen) atoms. The molecule has 0 bridgehead atoms. The summed E-state index contributed by atoms with van der Waals surface area (Å²) in [5.41, 5.74) is 2.96. The van der Waals surface area contributed by atoms with E-state index in [-0.39, 0.29) is 5.56 Å². The topological polar surface area (TPSA) is 60.6 Å². The molecule has 0 atom stereocenters. The van der Waals surface area contributed by atoms with Crippen LogP contribution < -0.4 is 5.32 Å². The van der Waals surface area contributed by atoms with Gasteiger partial charge in [-0.2, -0.15) is 0 Å². The second kappa shape index (κ2) is 7.52. The number of imidazole rings is 2. The lowest BCUT2D eigenvalue weighted by molar-refractivity contribution is 0.584. The van der Waals surface area contributed by atoms with Crippen LogP contribution in [0.1, 0.15) is 5.69 Å². The van der Waals surface area contributed by atoms with Crippen LogP contribution in [0.3, 0.4) is 0 Å². The molecule has 0 aliphatic carbocycles. The Hall–Kier alpha value is -4.14. The molecule has 2 aromatic carbocycles. The van der Waals surface area contributed by atoms with E-state index in [9.17, 15) is 13.2 Å². The summed E-state index contributed by atoms with van der Waals surface area (Å²) in [5, 5.41) is 3.08. The van der Waals surface area contributed by atoms with E-state index < -0.39 is 17.5 Å². The molecule has 0 unspecified atom stereocenters. The zero-order valence-corrected chi connectivity index (χ0v) is 17.1. The summed E-state index contributed by atoms with van der Waals surface area (Å²) in [6, 6.07) is 9.80. The van der Waals surface area contributed by atoms with Crippen molar-refractivity contribution in [2.45, 2.75) is 6.92 Å². The van der Waals surface area contributed by atoms with Crippen molar-refractivity contribution < 1.29 is 13.2 Å². The van der Waals surface area contributed by atoms with Gasteiger partial charge in [-0.3, -0.25) is 0 Å². The Bertz CT molecular complexity index is 1470. The van der Waals surface area contributed by atoms with E-state index in [4.69, 9.17) is 0 Å². The summed E-state index contributed by atoms with van der Waals surface area (Å²) in [5.74, 6) is -1.10. The van der Waals surface area contributed by atoms with E-state index in [0.29, 0.717) is 34.1 Å². The zero-order valence-electron chi connectivity index (χ0n) is 17.1. The molecule has 0 saturated heterocycles. The van der Waals surface area contributed by atoms with Gasteiger partial charge < -0.3 is 14.5 Å². The van der Waals surface area contributed by atoms with Crippen LogP contribution in [0.4, 0.5) is 24.7 Å². The Labute approximate surface area is 181 Å². The number of hydrogen-bond donors (Lipinski definition) is 1. The van der Waals surface area contributed by atoms with Crippen molar-refractivity contribution in [3.05, 3.63) is 84.3 Å². The minimum absolute atomic E-state index is 0.169. The van der Waals surface area contributed by atoms with Crippen LogP contribution in [0.5, 0.6) is 0 Å². The minimum atomic E-state index is -0.710. The third-order valence-corrected chi connectivity index (χ3v) is 5.17. The quantitative estimate of drug-likeness (QED) is 0.418. The van der Waals surface area contributed by atoms with Crippen molar-refractivity contribution in [2.75, 3.05) is 5.32 Å². The third-order valence-electron chi connectivity index (χ3n) is 5.17. The molecule has 9 heteroatoms. The van der Waals surface area contributed by atoms with Crippen LogP contribution >= 0.6 is 0 Å². The van der Waals surface area contributed by atoms with Crippen molar-refractivity contribution >= 4 is 22.5 Å². The van der Waals surface area contributed by atoms with Gasteiger partial charge in [0.05, 0.1) is 28.8 Å². The van der Waals surface area contributed by atoms with Gasteiger partial charge in [0.15, 0.2) is 5.82 Å². The summed E-state index contributed by atoms with van der Waals surface area (Å²) in [7, 11) is 1.73. The van der Waals surface area contributed by atoms with Crippen molar-refractivity contribution in [3.63, 3.8) is 0 Å². The van der Waals surface area contributed by atoms with Gasteiger partial charge in [-0.1, -0.05) is 0 Å². The van der Waals surface area contributed by atoms with Crippen molar-refractivity contribution in [3.8, 4) is 17.1 Å². The predicted octanol–water partition coefficient (Wildman–Crippen LogP) is 5.29. The Kier molecular flexibility index (Phi) is 4.66. The molecule has 0 spiro atoms. The monoisotopic (exact) mass is 434 g/mol. The molecular weight excluding hydrogens is 417 g/mol. The van der Waals surface area contributed by atoms with Crippen LogP contribution in [-0.4, -0.2) is 24.1 Å². The molecule has 0 radical (unpaired) electrons. The lowest BCUT2D eigenvalue weighted by Gasteiger charge is -2.09. The lowest BCUT2D eigenvalue weighted by atomic mass is 10.2. The fourth-order valence-corrected chi connectivity index (χ4v) is 3.61. The molecule has 5 aromatic rings. The summed E-state index contributed by atoms with van der Waals surface area (Å²) in [4.78, 5) is 13.0. The van der Waals surface area contributed by atoms with E-state index >= 15 is 0 Å². The number of halogens is 3. The number of nitrogens with zero attached hydrogens (tertiary/aromatic N) is 5. The average molecular weight is 434 g/mol. The molecule has 0 aliphatic rings. The van der Waals surface area contributed by atoms with Crippen LogP contribution in [0, 0.1) is 24.4 Å². The largest absolute Gasteiger partial charge is 0.338 e. The minimum Gasteiger partial charge on any atom is -0.338 e. The van der Waals surface area contributed by atoms with Crippen molar-refractivity contribution in [1.82, 2.24) is 24.1 Å². The van der Waals surface area contributed by atoms with Gasteiger partial charge >= 0.3 is 0 Å². The highest BCUT2D eigenvalue weighted by Crippen LogP contribution is 2.30. The van der Waals surface area contributed by atoms with E-state index in [1.165, 1.54) is 18.2 Å². The Morgan fingerprint density at radius 2 is 1.78 bits per heavy atom. The number of aryl methyl sites for hydroxylation is 2. The van der Waals surface area contributed by atoms with Crippen LogP contribution in [0.15, 0.2) is 61.2 Å². The SMILES string of the molecule is Cc1cn(-c2ccc(Nc3nccc4c3nc(-c3ccc(F)cc3F)n4C)cc2F)cn1. The summed E-state index contributed by atoms with van der Waals surface area (Å²) < 4.78 is 45.7. The van der Waals surface area contributed by atoms with Gasteiger partial charge in [0, 0.05) is 31.2 Å². The Morgan fingerprint density at radius 1 is 0.938 bits per heavy atom. The second-order valence-corrected chi connectivity index (χ2v) is 7.36. The zero-order chi connectivity index (χ0) is 22.4. The maximum atomic E-state index is 14.7. The molecule has 160 valence electrons. The maximum absolute atomic E-state index is 14.7. The van der Waals surface area contributed by atoms with Gasteiger partial charge in [0.1, 0.15) is 28.8 Å². The number of fused-ring (bicyclic) bond motifs is 1. The highest BCUT2D eigenvalue weighted by molar-refractivity contribution is 5.90. The Balaban J connectivity index is 1.53. The average Bonchev–Trinajstić information content (AvgIpc) is 3.33. The van der Waals surface area contributed by atoms with E-state index in [2.05, 4.69) is 20.3 Å². The van der Waals surface area contributed by atoms with Gasteiger partial charge in [-0.05, 0) is 43.3 Å². The van der Waals surface area contributed by atoms with Crippen LogP contribution in [0.25, 0.3) is 28.1 Å². The molecule has 0 amide bonds. The van der Waals surface area contributed by atoms with Gasteiger partial charge in [-0.25, -0.2) is 28.1 Å². The first-order chi connectivity index (χ1) is 15.4. The highest BCUT2D eigenvalue weighted by atomic mass is 19.1. The number of benzene rings is 2. The van der Waals surface area contributed by atoms with Crippen molar-refractivity contribution in [2.24, 2.45) is 7.05 Å². The molecule has 5 rings (SSSR count). The molecule has 0 saturated carbocycles. The normalized spacial score (nSPS) is 11.3. The molecular formula is C23H17F3N6. The smallest absolute Gasteiger partial charge is 0.158 e. The van der Waals surface area contributed by atoms with Crippen molar-refractivity contribution in [1.29, 1.82) is 0 Å². The standard InChI is InChI=1S/C23H17F3N6/c1-13-11-32(12-28-13)19-6-4-15(10-18(19)26)29-22-21-20(7-8-27-22)31(2)23(30-21)16-5-3-14(24)9-17(16)25/h3-12H,1-2H3,(H,27,29). The molecule has 0 fully saturated rings. The van der Waals surface area contributed by atoms with E-state index in [1.807, 2.05) is 6.92 Å². The summed E-state index contributed by atoms with van der Waals surface area (Å²) >= 11 is 0. The first-order valence-corrected chi connectivity index (χ1v) is 9.75. The van der Waals surface area contributed by atoms with Crippen LogP contribution in [-0.2, 0) is 7.05 Å². The fraction of sp³-hybridized carbons (Fsp3) is 0.0870. The molecule has 6 nitrogen and oxygen atoms in total. The van der Waals surface area contributed by atoms with Gasteiger partial charge in [0.2, 0.25) is 0 Å². The predicted molar refractivity (Wildman–Crippen MR) is 115 cm³/mol. The molecule has 0 aliphatic heterocycles. The molecule has 3 aromatic heterocycles. The lowest BCUT2D eigenvalue weighted by Crippen LogP contribution is -1.99. The summed E-state index contributed by atoms with van der Waals surface area (Å²) in [6.07, 6.45) is 4.86. The Morgan fingerprint density at radius 3 is 2.50 bits per heavy atom. The fourth-order valence-electron chi connectivity index (χ4n) is 3.61. The van der Waals surface area contributed by atoms with E-state index in [1.54, 1.807) is 53.1 Å². The van der Waals surface area contributed by atoms with Gasteiger partial charge in [-0.15, -0.1) is 0 Å².